The fraction of sp³-hybridized carbons (Fsp3) is 0.421. The number of rotatable bonds is 10. The van der Waals surface area contributed by atoms with Crippen LogP contribution in [-0.2, 0) is 4.74 Å². The first kappa shape index (κ1) is 25.4. The largest absolute Gasteiger partial charge is 0.443 e. The third-order valence-electron chi connectivity index (χ3n) is 3.87. The summed E-state index contributed by atoms with van der Waals surface area (Å²) in [4.78, 5) is 14.8. The van der Waals surface area contributed by atoms with Crippen molar-refractivity contribution in [3.63, 3.8) is 0 Å². The Kier molecular flexibility index (Phi) is 11.4. The summed E-state index contributed by atoms with van der Waals surface area (Å²) < 4.78 is 40.9. The number of carbonyl (C=O) groups is 1. The number of alkyl halides is 2. The van der Waals surface area contributed by atoms with Crippen LogP contribution in [-0.4, -0.2) is 70.1 Å². The zero-order chi connectivity index (χ0) is 22.5. The highest BCUT2D eigenvalue weighted by molar-refractivity contribution is 7.79. The second-order valence-corrected chi connectivity index (χ2v) is 6.26. The highest BCUT2D eigenvalue weighted by atomic mass is 32.1. The van der Waals surface area contributed by atoms with Crippen LogP contribution in [0.15, 0.2) is 18.2 Å². The number of benzene rings is 1. The first-order chi connectivity index (χ1) is 14.4. The van der Waals surface area contributed by atoms with Crippen molar-refractivity contribution in [3.8, 4) is 12.3 Å². The minimum absolute atomic E-state index is 0.263. The molecule has 1 heterocycles. The van der Waals surface area contributed by atoms with Crippen LogP contribution in [0.3, 0.4) is 0 Å². The highest BCUT2D eigenvalue weighted by Gasteiger charge is 2.32. The van der Waals surface area contributed by atoms with E-state index < -0.39 is 18.3 Å². The van der Waals surface area contributed by atoms with Crippen molar-refractivity contribution in [2.24, 2.45) is 0 Å². The molecule has 1 atom stereocenters. The zero-order valence-corrected chi connectivity index (χ0v) is 17.2. The van der Waals surface area contributed by atoms with Gasteiger partial charge >= 0.3 is 6.09 Å². The topological polar surface area (TPSA) is 80.7 Å². The van der Waals surface area contributed by atoms with Crippen molar-refractivity contribution in [1.82, 2.24) is 10.6 Å². The SMILES string of the molecule is C#CCNCCN(C=N)c1ccc(N2CC(CNC)OC2=O)cc1F.FC(F)C=S. The van der Waals surface area contributed by atoms with Gasteiger partial charge in [-0.1, -0.05) is 18.1 Å². The van der Waals surface area contributed by atoms with Crippen molar-refractivity contribution >= 4 is 41.4 Å². The number of hydrogen-bond donors (Lipinski definition) is 3. The summed E-state index contributed by atoms with van der Waals surface area (Å²) in [6, 6.07) is 4.48. The van der Waals surface area contributed by atoms with Crippen LogP contribution in [0.5, 0.6) is 0 Å². The van der Waals surface area contributed by atoms with E-state index in [0.29, 0.717) is 43.8 Å². The lowest BCUT2D eigenvalue weighted by molar-refractivity contribution is 0.141. The molecule has 2 rings (SSSR count). The Hall–Kier alpha value is -2.68. The molecule has 0 radical (unpaired) electrons. The number of nitrogens with one attached hydrogen (secondary N) is 3. The molecule has 7 nitrogen and oxygen atoms in total. The summed E-state index contributed by atoms with van der Waals surface area (Å²) in [7, 11) is 1.77. The summed E-state index contributed by atoms with van der Waals surface area (Å²) in [5.41, 5.74) is 0.695. The van der Waals surface area contributed by atoms with E-state index in [4.69, 9.17) is 16.6 Å². The number of ether oxygens (including phenoxy) is 1. The van der Waals surface area contributed by atoms with Gasteiger partial charge in [0.2, 0.25) is 0 Å². The van der Waals surface area contributed by atoms with Gasteiger partial charge in [-0.3, -0.25) is 10.3 Å². The monoisotopic (exact) mass is 443 g/mol. The van der Waals surface area contributed by atoms with E-state index in [1.165, 1.54) is 15.9 Å². The molecule has 1 saturated heterocycles. The fourth-order valence-electron chi connectivity index (χ4n) is 2.58. The number of halogens is 3. The molecule has 0 aliphatic carbocycles. The maximum absolute atomic E-state index is 14.5. The highest BCUT2D eigenvalue weighted by Crippen LogP contribution is 2.27. The van der Waals surface area contributed by atoms with Gasteiger partial charge in [0.15, 0.2) is 0 Å². The molecule has 1 aromatic rings. The lowest BCUT2D eigenvalue weighted by atomic mass is 10.2. The van der Waals surface area contributed by atoms with Gasteiger partial charge in [0.05, 0.1) is 30.8 Å². The minimum atomic E-state index is -2.43. The third kappa shape index (κ3) is 7.98. The Bertz CT molecular complexity index is 760. The van der Waals surface area contributed by atoms with E-state index in [1.807, 2.05) is 0 Å². The first-order valence-corrected chi connectivity index (χ1v) is 9.42. The van der Waals surface area contributed by atoms with Gasteiger partial charge in [-0.25, -0.2) is 18.0 Å². The summed E-state index contributed by atoms with van der Waals surface area (Å²) in [5.74, 6) is 1.94. The van der Waals surface area contributed by atoms with E-state index in [0.717, 1.165) is 6.34 Å². The number of terminal acetylenes is 1. The van der Waals surface area contributed by atoms with Gasteiger partial charge in [-0.15, -0.1) is 6.42 Å². The lowest BCUT2D eigenvalue weighted by Crippen LogP contribution is -2.32. The molecule has 30 heavy (non-hydrogen) atoms. The van der Waals surface area contributed by atoms with Crippen molar-refractivity contribution in [2.45, 2.75) is 12.5 Å². The summed E-state index contributed by atoms with van der Waals surface area (Å²) >= 11 is 3.80. The number of likely N-dealkylation sites (N-methyl/N-ethyl adjacent to an activating group) is 1. The third-order valence-corrected chi connectivity index (χ3v) is 4.08. The number of cyclic esters (lactones) is 1. The summed E-state index contributed by atoms with van der Waals surface area (Å²) in [5, 5.41) is 13.8. The number of nitrogens with zero attached hydrogens (tertiary/aromatic N) is 2. The average Bonchev–Trinajstić information content (AvgIpc) is 3.09. The molecule has 11 heteroatoms. The van der Waals surface area contributed by atoms with Gasteiger partial charge in [-0.2, -0.15) is 0 Å². The number of hydrogen-bond acceptors (Lipinski definition) is 6. The number of carbonyl (C=O) groups excluding carboxylic acids is 1. The van der Waals surface area contributed by atoms with Crippen LogP contribution in [0, 0.1) is 23.6 Å². The Morgan fingerprint density at radius 2 is 2.23 bits per heavy atom. The Morgan fingerprint density at radius 1 is 1.53 bits per heavy atom. The first-order valence-electron chi connectivity index (χ1n) is 8.95. The summed E-state index contributed by atoms with van der Waals surface area (Å²) in [6.45, 7) is 2.23. The maximum atomic E-state index is 14.5. The van der Waals surface area contributed by atoms with E-state index in [1.54, 1.807) is 19.2 Å². The van der Waals surface area contributed by atoms with E-state index in [9.17, 15) is 18.0 Å². The molecule has 164 valence electrons. The molecular formula is C19H24F3N5O2S. The van der Waals surface area contributed by atoms with Crippen molar-refractivity contribution in [3.05, 3.63) is 24.0 Å². The molecule has 1 aromatic carbocycles. The average molecular weight is 443 g/mol. The van der Waals surface area contributed by atoms with E-state index in [2.05, 4.69) is 28.8 Å². The molecule has 1 aliphatic heterocycles. The van der Waals surface area contributed by atoms with Gasteiger partial charge in [0.25, 0.3) is 6.43 Å². The predicted molar refractivity (Wildman–Crippen MR) is 115 cm³/mol. The van der Waals surface area contributed by atoms with E-state index >= 15 is 0 Å². The Balaban J connectivity index is 0.000000804. The Morgan fingerprint density at radius 3 is 2.77 bits per heavy atom. The fourth-order valence-corrected chi connectivity index (χ4v) is 2.58. The van der Waals surface area contributed by atoms with Crippen LogP contribution < -0.4 is 20.4 Å². The molecule has 0 saturated carbocycles. The van der Waals surface area contributed by atoms with Crippen LogP contribution in [0.1, 0.15) is 0 Å². The number of anilines is 2. The quantitative estimate of drug-likeness (QED) is 0.169. The van der Waals surface area contributed by atoms with Crippen LogP contribution in [0.2, 0.25) is 0 Å². The van der Waals surface area contributed by atoms with Crippen LogP contribution >= 0.6 is 12.2 Å². The molecule has 0 aromatic heterocycles. The standard InChI is InChI=1S/C17H22FN5O2.C2H2F2S/c1-3-6-21-7-8-22(12-19)16-5-4-13(9-15(16)18)23-11-14(10-20-2)25-17(23)24;3-2(4)1-5/h1,4-5,9,12,14,19-21H,6-8,10-11H2,2H3;1-2H. The van der Waals surface area contributed by atoms with Crippen molar-refractivity contribution < 1.29 is 22.7 Å². The summed E-state index contributed by atoms with van der Waals surface area (Å²) in [6.07, 6.45) is 3.03. The van der Waals surface area contributed by atoms with Crippen LogP contribution in [0.4, 0.5) is 29.3 Å². The maximum Gasteiger partial charge on any atom is 0.414 e. The Labute approximate surface area is 179 Å². The normalized spacial score (nSPS) is 15.1. The number of amides is 1. The van der Waals surface area contributed by atoms with Gasteiger partial charge in [0.1, 0.15) is 11.9 Å². The number of thiocarbonyl (C=S) groups is 1. The van der Waals surface area contributed by atoms with Crippen LogP contribution in [0.25, 0.3) is 0 Å². The molecule has 0 spiro atoms. The van der Waals surface area contributed by atoms with Crippen molar-refractivity contribution in [1.29, 1.82) is 5.41 Å². The second kappa shape index (κ2) is 13.5. The molecule has 0 bridgehead atoms. The van der Waals surface area contributed by atoms with Gasteiger partial charge < -0.3 is 20.3 Å². The second-order valence-electron chi connectivity index (χ2n) is 5.98. The minimum Gasteiger partial charge on any atom is -0.443 e. The predicted octanol–water partition coefficient (Wildman–Crippen LogP) is 2.26. The molecule has 1 aliphatic rings. The lowest BCUT2D eigenvalue weighted by Gasteiger charge is -2.21. The molecular weight excluding hydrogens is 419 g/mol. The smallest absolute Gasteiger partial charge is 0.414 e. The molecule has 1 unspecified atom stereocenters. The van der Waals surface area contributed by atoms with E-state index in [-0.39, 0.29) is 11.8 Å². The molecule has 1 amide bonds. The van der Waals surface area contributed by atoms with Crippen molar-refractivity contribution in [2.75, 3.05) is 49.6 Å². The van der Waals surface area contributed by atoms with Gasteiger partial charge in [-0.05, 0) is 25.2 Å². The molecule has 1 fully saturated rings. The zero-order valence-electron chi connectivity index (χ0n) is 16.4. The van der Waals surface area contributed by atoms with Gasteiger partial charge in [0, 0.05) is 25.0 Å². The molecule has 3 N–H and O–H groups in total.